The lowest BCUT2D eigenvalue weighted by atomic mass is 10.1. The number of fused-ring (bicyclic) bond motifs is 1. The molecule has 1 fully saturated rings. The molecule has 0 amide bonds. The average molecular weight is 408 g/mol. The van der Waals surface area contributed by atoms with E-state index in [2.05, 4.69) is 34.1 Å². The van der Waals surface area contributed by atoms with Crippen LogP contribution < -0.4 is 0 Å². The molecule has 1 aliphatic rings. The molecule has 1 saturated heterocycles. The molecule has 5 rings (SSSR count). The summed E-state index contributed by atoms with van der Waals surface area (Å²) in [4.78, 5) is 7.07. The van der Waals surface area contributed by atoms with E-state index in [4.69, 9.17) is 20.5 Å². The first-order valence-corrected chi connectivity index (χ1v) is 10.4. The maximum atomic E-state index is 6.04. The quantitative estimate of drug-likeness (QED) is 0.416. The van der Waals surface area contributed by atoms with Crippen molar-refractivity contribution in [2.24, 2.45) is 0 Å². The normalized spacial score (nSPS) is 17.4. The molecule has 6 heteroatoms. The van der Waals surface area contributed by atoms with Gasteiger partial charge in [-0.3, -0.25) is 0 Å². The van der Waals surface area contributed by atoms with Gasteiger partial charge in [0.05, 0.1) is 0 Å². The third-order valence-electron chi connectivity index (χ3n) is 5.68. The molecule has 2 aromatic carbocycles. The van der Waals surface area contributed by atoms with Gasteiger partial charge in [-0.25, -0.2) is 0 Å². The van der Waals surface area contributed by atoms with E-state index in [9.17, 15) is 0 Å². The topological polar surface area (TPSA) is 55.3 Å². The Hall–Kier alpha value is -2.63. The lowest BCUT2D eigenvalue weighted by Gasteiger charge is -2.19. The Kier molecular flexibility index (Phi) is 4.86. The van der Waals surface area contributed by atoms with Crippen LogP contribution in [0.4, 0.5) is 0 Å². The van der Waals surface area contributed by atoms with Crippen molar-refractivity contribution in [1.29, 1.82) is 0 Å². The maximum absolute atomic E-state index is 6.04. The SMILES string of the molecule is C[C@@H]1CCCN1CCc1cc2cc(-c3noc(-c4ccc(Cl)cc4)n3)ccc2o1. The molecule has 0 bridgehead atoms. The minimum atomic E-state index is 0.476. The monoisotopic (exact) mass is 407 g/mol. The summed E-state index contributed by atoms with van der Waals surface area (Å²) in [5.74, 6) is 2.06. The summed E-state index contributed by atoms with van der Waals surface area (Å²) in [7, 11) is 0. The number of halogens is 1. The molecular weight excluding hydrogens is 386 g/mol. The summed E-state index contributed by atoms with van der Waals surface area (Å²) < 4.78 is 11.5. The lowest BCUT2D eigenvalue weighted by Crippen LogP contribution is -2.28. The van der Waals surface area contributed by atoms with Gasteiger partial charge >= 0.3 is 0 Å². The molecule has 0 unspecified atom stereocenters. The zero-order valence-corrected chi connectivity index (χ0v) is 17.0. The first-order chi connectivity index (χ1) is 14.2. The summed E-state index contributed by atoms with van der Waals surface area (Å²) in [6, 6.07) is 16.2. The van der Waals surface area contributed by atoms with E-state index >= 15 is 0 Å². The van der Waals surface area contributed by atoms with Crippen molar-refractivity contribution >= 4 is 22.6 Å². The van der Waals surface area contributed by atoms with E-state index in [1.165, 1.54) is 19.4 Å². The fraction of sp³-hybridized carbons (Fsp3) is 0.304. The predicted octanol–water partition coefficient (Wildman–Crippen LogP) is 5.83. The van der Waals surface area contributed by atoms with E-state index in [0.717, 1.165) is 40.8 Å². The fourth-order valence-electron chi connectivity index (χ4n) is 3.99. The van der Waals surface area contributed by atoms with Crippen molar-refractivity contribution in [3.63, 3.8) is 0 Å². The highest BCUT2D eigenvalue weighted by molar-refractivity contribution is 6.30. The second-order valence-electron chi connectivity index (χ2n) is 7.67. The van der Waals surface area contributed by atoms with Crippen LogP contribution in [-0.4, -0.2) is 34.2 Å². The summed E-state index contributed by atoms with van der Waals surface area (Å²) in [6.45, 7) is 4.55. The number of likely N-dealkylation sites (tertiary alicyclic amines) is 1. The van der Waals surface area contributed by atoms with Gasteiger partial charge in [-0.15, -0.1) is 0 Å². The van der Waals surface area contributed by atoms with Crippen LogP contribution in [0.1, 0.15) is 25.5 Å². The van der Waals surface area contributed by atoms with E-state index in [-0.39, 0.29) is 0 Å². The van der Waals surface area contributed by atoms with Crippen molar-refractivity contribution in [2.75, 3.05) is 13.1 Å². The molecule has 2 aromatic heterocycles. The first kappa shape index (κ1) is 18.4. The molecule has 1 aliphatic heterocycles. The van der Waals surface area contributed by atoms with Crippen LogP contribution in [0.15, 0.2) is 57.5 Å². The van der Waals surface area contributed by atoms with Crippen molar-refractivity contribution < 1.29 is 8.94 Å². The minimum absolute atomic E-state index is 0.476. The molecule has 0 aliphatic carbocycles. The van der Waals surface area contributed by atoms with Crippen LogP contribution in [0.25, 0.3) is 33.8 Å². The highest BCUT2D eigenvalue weighted by Crippen LogP contribution is 2.28. The Morgan fingerprint density at radius 1 is 1.10 bits per heavy atom. The maximum Gasteiger partial charge on any atom is 0.258 e. The summed E-state index contributed by atoms with van der Waals surface area (Å²) in [5.41, 5.74) is 2.64. The second-order valence-corrected chi connectivity index (χ2v) is 8.11. The molecule has 29 heavy (non-hydrogen) atoms. The highest BCUT2D eigenvalue weighted by Gasteiger charge is 2.20. The largest absolute Gasteiger partial charge is 0.461 e. The molecule has 3 heterocycles. The molecule has 0 saturated carbocycles. The Labute approximate surface area is 174 Å². The van der Waals surface area contributed by atoms with Crippen molar-refractivity contribution in [3.8, 4) is 22.8 Å². The Morgan fingerprint density at radius 3 is 2.72 bits per heavy atom. The third kappa shape index (κ3) is 3.80. The lowest BCUT2D eigenvalue weighted by molar-refractivity contribution is 0.266. The minimum Gasteiger partial charge on any atom is -0.461 e. The van der Waals surface area contributed by atoms with Gasteiger partial charge in [0.15, 0.2) is 0 Å². The van der Waals surface area contributed by atoms with Crippen LogP contribution in [-0.2, 0) is 6.42 Å². The molecule has 4 aromatic rings. The van der Waals surface area contributed by atoms with Gasteiger partial charge in [0, 0.05) is 40.5 Å². The molecule has 1 atom stereocenters. The summed E-state index contributed by atoms with van der Waals surface area (Å²) in [5, 5.41) is 5.87. The number of nitrogens with zero attached hydrogens (tertiary/aromatic N) is 3. The molecule has 5 nitrogen and oxygen atoms in total. The first-order valence-electron chi connectivity index (χ1n) is 10.0. The van der Waals surface area contributed by atoms with Crippen LogP contribution in [0.3, 0.4) is 0 Å². The van der Waals surface area contributed by atoms with Gasteiger partial charge < -0.3 is 13.8 Å². The van der Waals surface area contributed by atoms with Gasteiger partial charge in [0.2, 0.25) is 5.82 Å². The number of hydrogen-bond donors (Lipinski definition) is 0. The second kappa shape index (κ2) is 7.65. The van der Waals surface area contributed by atoms with Crippen molar-refractivity contribution in [1.82, 2.24) is 15.0 Å². The molecular formula is C23H22ClN3O2. The average Bonchev–Trinajstić information content (AvgIpc) is 3.45. The highest BCUT2D eigenvalue weighted by atomic mass is 35.5. The number of hydrogen-bond acceptors (Lipinski definition) is 5. The zero-order valence-electron chi connectivity index (χ0n) is 16.3. The summed E-state index contributed by atoms with van der Waals surface area (Å²) >= 11 is 5.95. The van der Waals surface area contributed by atoms with E-state index in [0.29, 0.717) is 22.8 Å². The molecule has 0 N–H and O–H groups in total. The number of aromatic nitrogens is 2. The molecule has 0 radical (unpaired) electrons. The van der Waals surface area contributed by atoms with Gasteiger partial charge in [-0.05, 0) is 74.8 Å². The molecule has 148 valence electrons. The Balaban J connectivity index is 1.35. The van der Waals surface area contributed by atoms with Crippen LogP contribution >= 0.6 is 11.6 Å². The van der Waals surface area contributed by atoms with Gasteiger partial charge in [-0.1, -0.05) is 16.8 Å². The third-order valence-corrected chi connectivity index (χ3v) is 5.93. The van der Waals surface area contributed by atoms with Crippen molar-refractivity contribution in [2.45, 2.75) is 32.2 Å². The van der Waals surface area contributed by atoms with Crippen LogP contribution in [0.5, 0.6) is 0 Å². The number of rotatable bonds is 5. The van der Waals surface area contributed by atoms with Gasteiger partial charge in [0.25, 0.3) is 5.89 Å². The van der Waals surface area contributed by atoms with Crippen LogP contribution in [0.2, 0.25) is 5.02 Å². The summed E-state index contributed by atoms with van der Waals surface area (Å²) in [6.07, 6.45) is 3.52. The van der Waals surface area contributed by atoms with E-state index < -0.39 is 0 Å². The van der Waals surface area contributed by atoms with E-state index in [1.807, 2.05) is 36.4 Å². The van der Waals surface area contributed by atoms with E-state index in [1.54, 1.807) is 0 Å². The predicted molar refractivity (Wildman–Crippen MR) is 114 cm³/mol. The van der Waals surface area contributed by atoms with Gasteiger partial charge in [0.1, 0.15) is 11.3 Å². The smallest absolute Gasteiger partial charge is 0.258 e. The van der Waals surface area contributed by atoms with Crippen LogP contribution in [0, 0.1) is 0 Å². The fourth-order valence-corrected chi connectivity index (χ4v) is 4.12. The standard InChI is InChI=1S/C23H22ClN3O2/c1-15-3-2-11-27(15)12-10-20-14-18-13-17(6-9-21(18)28-20)22-25-23(29-26-22)16-4-7-19(24)8-5-16/h4-9,13-15H,2-3,10-12H2,1H3/t15-/m1/s1. The van der Waals surface area contributed by atoms with Gasteiger partial charge in [-0.2, -0.15) is 4.98 Å². The number of benzene rings is 2. The molecule has 0 spiro atoms. The Morgan fingerprint density at radius 2 is 1.93 bits per heavy atom. The Bertz CT molecular complexity index is 1130. The van der Waals surface area contributed by atoms with Crippen molar-refractivity contribution in [3.05, 3.63) is 59.3 Å². The number of furan rings is 1. The zero-order chi connectivity index (χ0) is 19.8.